The van der Waals surface area contributed by atoms with Crippen molar-refractivity contribution in [2.24, 2.45) is 0 Å². The lowest BCUT2D eigenvalue weighted by Crippen LogP contribution is -2.33. The van der Waals surface area contributed by atoms with Crippen molar-refractivity contribution in [3.8, 4) is 0 Å². The van der Waals surface area contributed by atoms with Crippen LogP contribution in [0.2, 0.25) is 0 Å². The number of benzene rings is 2. The molecule has 2 N–H and O–H groups in total. The van der Waals surface area contributed by atoms with Gasteiger partial charge in [-0.15, -0.1) is 13.7 Å². The molecule has 2 aromatic carbocycles. The van der Waals surface area contributed by atoms with Gasteiger partial charge in [0, 0.05) is 103 Å². The summed E-state index contributed by atoms with van der Waals surface area (Å²) in [4.78, 5) is 43.9. The topological polar surface area (TPSA) is 185 Å². The SMILES string of the molecule is CCN1/C(=C/C=C/C=C/C=C/C2=[N+](CCCSOOO)c3ccc(S(=O)(=O)N(C)CCCC(=O)ON4C(=O)CCC4=O)cc3C2(C)C)C(C)(C)c2cc(SOOO)ccc21. The molecule has 3 aliphatic rings. The molecule has 0 unspecified atom stereocenters. The number of carbonyl (C=O) groups is 3. The quantitative estimate of drug-likeness (QED) is 0.0241. The van der Waals surface area contributed by atoms with Gasteiger partial charge in [-0.05, 0) is 69.2 Å². The number of imide groups is 1. The van der Waals surface area contributed by atoms with Crippen molar-refractivity contribution in [1.29, 1.82) is 0 Å². The maximum Gasteiger partial charge on any atom is 0.333 e. The van der Waals surface area contributed by atoms with Crippen molar-refractivity contribution in [3.63, 3.8) is 0 Å². The third-order valence-corrected chi connectivity index (χ3v) is 13.6. The Balaban J connectivity index is 1.29. The number of carbonyl (C=O) groups excluding carboxylic acids is 3. The molecular formula is C41H51N4O12S3+. The Morgan fingerprint density at radius 3 is 2.32 bits per heavy atom. The zero-order valence-electron chi connectivity index (χ0n) is 34.4. The molecule has 0 saturated carbocycles. The summed E-state index contributed by atoms with van der Waals surface area (Å²) in [5, 5.41) is 25.1. The van der Waals surface area contributed by atoms with Crippen LogP contribution in [0.5, 0.6) is 0 Å². The van der Waals surface area contributed by atoms with E-state index in [9.17, 15) is 22.8 Å². The van der Waals surface area contributed by atoms with Crippen molar-refractivity contribution in [2.45, 2.75) is 87.3 Å². The Bertz CT molecular complexity index is 2180. The summed E-state index contributed by atoms with van der Waals surface area (Å²) in [6, 6.07) is 11.0. The molecule has 0 aromatic heterocycles. The van der Waals surface area contributed by atoms with E-state index in [1.807, 2.05) is 68.5 Å². The fourth-order valence-electron chi connectivity index (χ4n) is 7.53. The number of sulfonamides is 1. The Kier molecular flexibility index (Phi) is 16.1. The average molecular weight is 888 g/mol. The maximum atomic E-state index is 13.8. The second kappa shape index (κ2) is 20.6. The van der Waals surface area contributed by atoms with Crippen LogP contribution in [0.4, 0.5) is 11.4 Å². The minimum Gasteiger partial charge on any atom is -0.344 e. The van der Waals surface area contributed by atoms with Crippen molar-refractivity contribution in [2.75, 3.05) is 37.3 Å². The van der Waals surface area contributed by atoms with Gasteiger partial charge in [0.25, 0.3) is 11.8 Å². The fourth-order valence-corrected chi connectivity index (χ4v) is 9.52. The fraction of sp³-hybridized carbons (Fsp3) is 0.415. The first kappa shape index (κ1) is 46.9. The molecular weight excluding hydrogens is 837 g/mol. The molecule has 3 aliphatic heterocycles. The molecule has 19 heteroatoms. The molecule has 324 valence electrons. The molecule has 3 heterocycles. The van der Waals surface area contributed by atoms with E-state index in [1.54, 1.807) is 18.2 Å². The molecule has 16 nitrogen and oxygen atoms in total. The van der Waals surface area contributed by atoms with E-state index in [4.69, 9.17) is 15.4 Å². The predicted octanol–water partition coefficient (Wildman–Crippen LogP) is 7.33. The molecule has 1 fully saturated rings. The number of nitrogens with zero attached hydrogens (tertiary/aromatic N) is 4. The van der Waals surface area contributed by atoms with E-state index in [0.29, 0.717) is 23.8 Å². The summed E-state index contributed by atoms with van der Waals surface area (Å²) in [6.07, 6.45) is 14.5. The summed E-state index contributed by atoms with van der Waals surface area (Å²) < 4.78 is 40.0. The molecule has 60 heavy (non-hydrogen) atoms. The highest BCUT2D eigenvalue weighted by Gasteiger charge is 2.45. The third-order valence-electron chi connectivity index (χ3n) is 10.6. The van der Waals surface area contributed by atoms with Crippen molar-refractivity contribution in [3.05, 3.63) is 95.8 Å². The molecule has 0 aliphatic carbocycles. The normalized spacial score (nSPS) is 18.1. The number of hydrogen-bond acceptors (Lipinski definition) is 15. The second-order valence-electron chi connectivity index (χ2n) is 15.1. The minimum atomic E-state index is -3.97. The number of anilines is 1. The van der Waals surface area contributed by atoms with Gasteiger partial charge in [0.05, 0.1) is 22.4 Å². The highest BCUT2D eigenvalue weighted by atomic mass is 32.2. The van der Waals surface area contributed by atoms with E-state index in [0.717, 1.165) is 69.4 Å². The molecule has 0 radical (unpaired) electrons. The van der Waals surface area contributed by atoms with Crippen molar-refractivity contribution < 1.29 is 61.5 Å². The molecule has 0 bridgehead atoms. The van der Waals surface area contributed by atoms with E-state index in [-0.39, 0.29) is 42.5 Å². The van der Waals surface area contributed by atoms with Gasteiger partial charge in [-0.1, -0.05) is 54.3 Å². The van der Waals surface area contributed by atoms with Gasteiger partial charge in [0.2, 0.25) is 15.7 Å². The number of hydroxylamine groups is 2. The van der Waals surface area contributed by atoms with Crippen LogP contribution >= 0.6 is 24.1 Å². The summed E-state index contributed by atoms with van der Waals surface area (Å²) in [7, 11) is -2.53. The van der Waals surface area contributed by atoms with Gasteiger partial charge in [0.1, 0.15) is 6.54 Å². The molecule has 0 spiro atoms. The van der Waals surface area contributed by atoms with E-state index >= 15 is 0 Å². The third kappa shape index (κ3) is 10.5. The smallest absolute Gasteiger partial charge is 0.333 e. The molecule has 2 aromatic rings. The highest BCUT2D eigenvalue weighted by molar-refractivity contribution is 7.94. The van der Waals surface area contributed by atoms with Gasteiger partial charge in [-0.2, -0.15) is 4.58 Å². The number of hydrogen-bond donors (Lipinski definition) is 2. The van der Waals surface area contributed by atoms with E-state index in [2.05, 4.69) is 55.1 Å². The Morgan fingerprint density at radius 2 is 1.62 bits per heavy atom. The highest BCUT2D eigenvalue weighted by Crippen LogP contribution is 2.49. The van der Waals surface area contributed by atoms with Crippen LogP contribution < -0.4 is 4.90 Å². The number of rotatable bonds is 21. The van der Waals surface area contributed by atoms with Gasteiger partial charge in [-0.3, -0.25) is 9.59 Å². The summed E-state index contributed by atoms with van der Waals surface area (Å²) in [5.41, 5.74) is 5.11. The lowest BCUT2D eigenvalue weighted by atomic mass is 9.81. The van der Waals surface area contributed by atoms with Gasteiger partial charge >= 0.3 is 5.97 Å². The number of fused-ring (bicyclic) bond motifs is 2. The predicted molar refractivity (Wildman–Crippen MR) is 226 cm³/mol. The second-order valence-corrected chi connectivity index (χ2v) is 18.7. The first-order valence-corrected chi connectivity index (χ1v) is 22.4. The van der Waals surface area contributed by atoms with Gasteiger partial charge < -0.3 is 9.74 Å². The zero-order chi connectivity index (χ0) is 43.7. The largest absolute Gasteiger partial charge is 0.344 e. The first-order chi connectivity index (χ1) is 28.6. The van der Waals surface area contributed by atoms with Crippen LogP contribution in [0.1, 0.15) is 77.8 Å². The Hall–Kier alpha value is -4.15. The summed E-state index contributed by atoms with van der Waals surface area (Å²) >= 11 is 1.90. The minimum absolute atomic E-state index is 0.00170. The van der Waals surface area contributed by atoms with Crippen LogP contribution in [0.15, 0.2) is 94.4 Å². The maximum absolute atomic E-state index is 13.8. The molecule has 1 saturated heterocycles. The first-order valence-electron chi connectivity index (χ1n) is 19.3. The standard InChI is InChI=1S/C41H50N4O12S3/c1-7-43-33-20-18-29(59-57-55-50)27-31(33)40(2,3)35(43)15-11-9-8-10-12-16-36-41(4,5)32-28-30(19-21-34(32)44(36)25-14-26-58-56-54-49)60(51,52)42(6)24-13-17-39(48)53-45-37(46)22-23-38(45)47/h8-12,15-16,18-21,27-28H,7,13-14,17,22-26H2,1-6H3,(H-,49,50)/p+1. The monoisotopic (exact) mass is 887 g/mol. The molecule has 5 rings (SSSR count). The lowest BCUT2D eigenvalue weighted by molar-refractivity contribution is -0.438. The summed E-state index contributed by atoms with van der Waals surface area (Å²) in [5.74, 6) is -1.44. The van der Waals surface area contributed by atoms with Crippen molar-refractivity contribution >= 4 is 69.0 Å². The molecule has 2 amide bonds. The average Bonchev–Trinajstić information content (AvgIpc) is 3.73. The lowest BCUT2D eigenvalue weighted by Gasteiger charge is -2.25. The van der Waals surface area contributed by atoms with Crippen LogP contribution in [-0.4, -0.2) is 88.8 Å². The van der Waals surface area contributed by atoms with Crippen LogP contribution in [-0.2, 0) is 58.8 Å². The van der Waals surface area contributed by atoms with E-state index < -0.39 is 33.2 Å². The van der Waals surface area contributed by atoms with Gasteiger partial charge in [-0.25, -0.2) is 28.0 Å². The van der Waals surface area contributed by atoms with Crippen LogP contribution in [0.25, 0.3) is 0 Å². The van der Waals surface area contributed by atoms with E-state index in [1.165, 1.54) is 11.4 Å². The number of amides is 2. The molecule has 0 atom stereocenters. The van der Waals surface area contributed by atoms with Crippen LogP contribution in [0.3, 0.4) is 0 Å². The Labute approximate surface area is 358 Å². The Morgan fingerprint density at radius 1 is 0.917 bits per heavy atom. The number of allylic oxidation sites excluding steroid dienone is 8. The van der Waals surface area contributed by atoms with Crippen molar-refractivity contribution in [1.82, 2.24) is 9.37 Å². The van der Waals surface area contributed by atoms with Gasteiger partial charge in [0.15, 0.2) is 5.71 Å². The number of likely N-dealkylation sites (N-methyl/N-ethyl adjacent to an activating group) is 1. The zero-order valence-corrected chi connectivity index (χ0v) is 36.8. The summed E-state index contributed by atoms with van der Waals surface area (Å²) in [6.45, 7) is 11.9. The van der Waals surface area contributed by atoms with Crippen LogP contribution in [0, 0.1) is 0 Å².